The van der Waals surface area contributed by atoms with Crippen molar-refractivity contribution in [2.75, 3.05) is 20.0 Å². The van der Waals surface area contributed by atoms with E-state index in [1.807, 2.05) is 0 Å². The van der Waals surface area contributed by atoms with Crippen LogP contribution in [0.2, 0.25) is 0 Å². The van der Waals surface area contributed by atoms with Crippen LogP contribution >= 0.6 is 0 Å². The fourth-order valence-electron chi connectivity index (χ4n) is 1.53. The molecule has 1 N–H and O–H groups in total. The normalized spacial score (nSPS) is 32.9. The molecule has 0 bridgehead atoms. The summed E-state index contributed by atoms with van der Waals surface area (Å²) in [6.45, 7) is -0.0416. The summed E-state index contributed by atoms with van der Waals surface area (Å²) in [5, 5.41) is 8.04. The second-order valence-electron chi connectivity index (χ2n) is 3.42. The average molecular weight is 208 g/mol. The van der Waals surface area contributed by atoms with Crippen LogP contribution in [0.4, 0.5) is 0 Å². The zero-order valence-corrected chi connectivity index (χ0v) is 8.30. The van der Waals surface area contributed by atoms with Crippen LogP contribution in [-0.2, 0) is 19.4 Å². The van der Waals surface area contributed by atoms with E-state index in [4.69, 9.17) is 9.84 Å². The largest absolute Gasteiger partial charge is 0.481 e. The first-order chi connectivity index (χ1) is 5.84. The summed E-state index contributed by atoms with van der Waals surface area (Å²) in [6.07, 6.45) is 1.22. The Hall–Kier alpha value is -0.620. The predicted molar refractivity (Wildman–Crippen MR) is 45.2 cm³/mol. The molecule has 2 atom stereocenters. The maximum absolute atomic E-state index is 11.1. The Labute approximate surface area is 76.6 Å². The molecule has 6 heteroatoms. The first-order valence-corrected chi connectivity index (χ1v) is 5.71. The van der Waals surface area contributed by atoms with Crippen LogP contribution in [0.15, 0.2) is 0 Å². The second kappa shape index (κ2) is 2.95. The molecule has 1 fully saturated rings. The molecule has 0 amide bonds. The van der Waals surface area contributed by atoms with Gasteiger partial charge in [-0.1, -0.05) is 0 Å². The maximum Gasteiger partial charge on any atom is 0.313 e. The van der Waals surface area contributed by atoms with Crippen molar-refractivity contribution in [1.29, 1.82) is 0 Å². The lowest BCUT2D eigenvalue weighted by atomic mass is 10.1. The van der Waals surface area contributed by atoms with Crippen LogP contribution in [-0.4, -0.2) is 44.7 Å². The number of carboxylic acid groups (broad SMARTS) is 1. The SMILES string of the molecule is COC[C@@]1(C(=O)O)C[C@@H]1S(C)(=O)=O. The average Bonchev–Trinajstić information content (AvgIpc) is 2.63. The van der Waals surface area contributed by atoms with Gasteiger partial charge < -0.3 is 9.84 Å². The minimum atomic E-state index is -3.27. The number of methoxy groups -OCH3 is 1. The Morgan fingerprint density at radius 2 is 2.23 bits per heavy atom. The van der Waals surface area contributed by atoms with Crippen molar-refractivity contribution in [3.05, 3.63) is 0 Å². The smallest absolute Gasteiger partial charge is 0.313 e. The van der Waals surface area contributed by atoms with E-state index in [-0.39, 0.29) is 13.0 Å². The summed E-state index contributed by atoms with van der Waals surface area (Å²) in [6, 6.07) is 0. The van der Waals surface area contributed by atoms with Gasteiger partial charge in [0.2, 0.25) is 0 Å². The summed E-state index contributed by atoms with van der Waals surface area (Å²) in [5.41, 5.74) is -1.19. The lowest BCUT2D eigenvalue weighted by Crippen LogP contribution is -2.27. The lowest BCUT2D eigenvalue weighted by Gasteiger charge is -2.09. The van der Waals surface area contributed by atoms with Gasteiger partial charge in [-0.2, -0.15) is 0 Å². The number of ether oxygens (including phenoxy) is 1. The predicted octanol–water partition coefficient (Wildman–Crippen LogP) is -0.479. The number of hydrogen-bond acceptors (Lipinski definition) is 4. The fourth-order valence-corrected chi connectivity index (χ4v) is 3.12. The van der Waals surface area contributed by atoms with Gasteiger partial charge in [0.1, 0.15) is 5.41 Å². The number of carboxylic acids is 1. The fraction of sp³-hybridized carbons (Fsp3) is 0.857. The minimum Gasteiger partial charge on any atom is -0.481 e. The van der Waals surface area contributed by atoms with Crippen molar-refractivity contribution >= 4 is 15.8 Å². The molecule has 0 aliphatic heterocycles. The summed E-state index contributed by atoms with van der Waals surface area (Å²) < 4.78 is 26.8. The quantitative estimate of drug-likeness (QED) is 0.675. The molecule has 76 valence electrons. The molecule has 0 unspecified atom stereocenters. The first-order valence-electron chi connectivity index (χ1n) is 3.76. The molecule has 0 heterocycles. The Bertz CT molecular complexity index is 320. The van der Waals surface area contributed by atoms with E-state index in [2.05, 4.69) is 0 Å². The standard InChI is InChI=1S/C7H12O5S/c1-12-4-7(6(8)9)3-5(7)13(2,10)11/h5H,3-4H2,1-2H3,(H,8,9)/t5-,7-/m0/s1. The highest BCUT2D eigenvalue weighted by Crippen LogP contribution is 2.50. The van der Waals surface area contributed by atoms with Crippen molar-refractivity contribution in [2.45, 2.75) is 11.7 Å². The third-order valence-electron chi connectivity index (χ3n) is 2.35. The third kappa shape index (κ3) is 1.68. The van der Waals surface area contributed by atoms with Crippen LogP contribution in [0.5, 0.6) is 0 Å². The Kier molecular flexibility index (Phi) is 2.38. The lowest BCUT2D eigenvalue weighted by molar-refractivity contribution is -0.145. The van der Waals surface area contributed by atoms with E-state index < -0.39 is 26.5 Å². The highest BCUT2D eigenvalue weighted by molar-refractivity contribution is 7.91. The van der Waals surface area contributed by atoms with Crippen molar-refractivity contribution in [2.24, 2.45) is 5.41 Å². The van der Waals surface area contributed by atoms with E-state index >= 15 is 0 Å². The van der Waals surface area contributed by atoms with Crippen LogP contribution in [0, 0.1) is 5.41 Å². The molecule has 0 aromatic rings. The van der Waals surface area contributed by atoms with Crippen molar-refractivity contribution in [3.8, 4) is 0 Å². The van der Waals surface area contributed by atoms with Gasteiger partial charge >= 0.3 is 5.97 Å². The first kappa shape index (κ1) is 10.5. The molecular formula is C7H12O5S. The molecule has 0 radical (unpaired) electrons. The van der Waals surface area contributed by atoms with Gasteiger partial charge in [-0.3, -0.25) is 4.79 Å². The van der Waals surface area contributed by atoms with Crippen LogP contribution in [0.1, 0.15) is 6.42 Å². The Balaban J connectivity index is 2.85. The molecular weight excluding hydrogens is 196 g/mol. The van der Waals surface area contributed by atoms with Gasteiger partial charge in [-0.25, -0.2) is 8.42 Å². The number of carbonyl (C=O) groups is 1. The van der Waals surface area contributed by atoms with Crippen molar-refractivity contribution in [1.82, 2.24) is 0 Å². The van der Waals surface area contributed by atoms with E-state index in [0.717, 1.165) is 6.26 Å². The van der Waals surface area contributed by atoms with Crippen LogP contribution < -0.4 is 0 Å². The van der Waals surface area contributed by atoms with Gasteiger partial charge in [0, 0.05) is 13.4 Å². The highest BCUT2D eigenvalue weighted by Gasteiger charge is 2.65. The number of sulfone groups is 1. The van der Waals surface area contributed by atoms with E-state index in [1.54, 1.807) is 0 Å². The molecule has 1 saturated carbocycles. The Morgan fingerprint density at radius 3 is 2.46 bits per heavy atom. The van der Waals surface area contributed by atoms with Gasteiger partial charge in [-0.15, -0.1) is 0 Å². The molecule has 0 spiro atoms. The van der Waals surface area contributed by atoms with E-state index in [1.165, 1.54) is 7.11 Å². The molecule has 0 saturated heterocycles. The topological polar surface area (TPSA) is 80.7 Å². The minimum absolute atomic E-state index is 0.0416. The maximum atomic E-state index is 11.1. The molecule has 1 aliphatic carbocycles. The summed E-state index contributed by atoms with van der Waals surface area (Å²) in [5.74, 6) is -1.09. The van der Waals surface area contributed by atoms with Crippen LogP contribution in [0.25, 0.3) is 0 Å². The van der Waals surface area contributed by atoms with E-state index in [9.17, 15) is 13.2 Å². The monoisotopic (exact) mass is 208 g/mol. The van der Waals surface area contributed by atoms with E-state index in [0.29, 0.717) is 0 Å². The van der Waals surface area contributed by atoms with Gasteiger partial charge in [0.05, 0.1) is 11.9 Å². The van der Waals surface area contributed by atoms with Gasteiger partial charge in [0.25, 0.3) is 0 Å². The second-order valence-corrected chi connectivity index (χ2v) is 5.64. The van der Waals surface area contributed by atoms with Gasteiger partial charge in [-0.05, 0) is 6.42 Å². The molecule has 5 nitrogen and oxygen atoms in total. The number of rotatable bonds is 4. The van der Waals surface area contributed by atoms with Gasteiger partial charge in [0.15, 0.2) is 9.84 Å². The van der Waals surface area contributed by atoms with Crippen molar-refractivity contribution < 1.29 is 23.1 Å². The third-order valence-corrected chi connectivity index (χ3v) is 4.00. The molecule has 0 aromatic heterocycles. The summed E-state index contributed by atoms with van der Waals surface area (Å²) in [7, 11) is -1.90. The zero-order chi connectivity index (χ0) is 10.3. The van der Waals surface area contributed by atoms with Crippen molar-refractivity contribution in [3.63, 3.8) is 0 Å². The van der Waals surface area contributed by atoms with Crippen LogP contribution in [0.3, 0.4) is 0 Å². The molecule has 13 heavy (non-hydrogen) atoms. The zero-order valence-electron chi connectivity index (χ0n) is 7.48. The molecule has 0 aromatic carbocycles. The highest BCUT2D eigenvalue weighted by atomic mass is 32.2. The Morgan fingerprint density at radius 1 is 1.69 bits per heavy atom. The molecule has 1 aliphatic rings. The summed E-state index contributed by atoms with van der Waals surface area (Å²) in [4.78, 5) is 10.8. The summed E-state index contributed by atoms with van der Waals surface area (Å²) >= 11 is 0. The molecule has 1 rings (SSSR count). The number of hydrogen-bond donors (Lipinski definition) is 1. The number of aliphatic carboxylic acids is 1.